The van der Waals surface area contributed by atoms with E-state index < -0.39 is 21.8 Å². The second-order valence-electron chi connectivity index (χ2n) is 10.9. The Balaban J connectivity index is 1.34. The van der Waals surface area contributed by atoms with E-state index in [0.29, 0.717) is 25.9 Å². The number of nitrogens with one attached hydrogen (secondary N) is 1. The monoisotopic (exact) mass is 592 g/mol. The lowest BCUT2D eigenvalue weighted by Gasteiger charge is -2.32. The molecule has 0 aliphatic carbocycles. The Morgan fingerprint density at radius 1 is 1.05 bits per heavy atom. The van der Waals surface area contributed by atoms with Crippen molar-refractivity contribution in [3.63, 3.8) is 0 Å². The summed E-state index contributed by atoms with van der Waals surface area (Å²) in [4.78, 5) is 12.9. The number of aryl methyl sites for hydroxylation is 1. The number of alkyl halides is 3. The zero-order valence-electron chi connectivity index (χ0n) is 23.4. The summed E-state index contributed by atoms with van der Waals surface area (Å²) in [5.74, 6) is 0.0583. The molecule has 1 aromatic carbocycles. The lowest BCUT2D eigenvalue weighted by Crippen LogP contribution is -2.43. The van der Waals surface area contributed by atoms with Crippen molar-refractivity contribution in [3.8, 4) is 16.9 Å². The summed E-state index contributed by atoms with van der Waals surface area (Å²) in [7, 11) is -1.16. The topological polar surface area (TPSA) is 99.5 Å². The van der Waals surface area contributed by atoms with Gasteiger partial charge in [0, 0.05) is 69.8 Å². The van der Waals surface area contributed by atoms with Gasteiger partial charge in [-0.3, -0.25) is 4.90 Å². The van der Waals surface area contributed by atoms with Gasteiger partial charge in [-0.05, 0) is 44.0 Å². The lowest BCUT2D eigenvalue weighted by atomic mass is 10.1. The van der Waals surface area contributed by atoms with Crippen molar-refractivity contribution in [3.05, 3.63) is 53.5 Å². The summed E-state index contributed by atoms with van der Waals surface area (Å²) in [6.45, 7) is 7.55. The van der Waals surface area contributed by atoms with E-state index in [1.54, 1.807) is 10.9 Å². The van der Waals surface area contributed by atoms with Gasteiger partial charge in [-0.25, -0.2) is 27.4 Å². The summed E-state index contributed by atoms with van der Waals surface area (Å²) in [6, 6.07) is 5.91. The van der Waals surface area contributed by atoms with Crippen molar-refractivity contribution in [2.75, 3.05) is 57.9 Å². The van der Waals surface area contributed by atoms with Crippen molar-refractivity contribution in [1.29, 1.82) is 0 Å². The average molecular weight is 593 g/mol. The number of halogens is 3. The summed E-state index contributed by atoms with van der Waals surface area (Å²) >= 11 is 0. The zero-order valence-corrected chi connectivity index (χ0v) is 24.2. The molecule has 0 bridgehead atoms. The molecule has 5 rings (SSSR count). The minimum Gasteiger partial charge on any atom is -0.351 e. The SMILES string of the molecule is Cc1cc(CN2CCN(C)CC2)ccc1-n1cc(-c2nc(NC3CCN(S(C)(=O)=O)CC3)ncc2C(F)(F)F)cn1. The third-order valence-corrected chi connectivity index (χ3v) is 9.02. The third-order valence-electron chi connectivity index (χ3n) is 7.72. The molecule has 2 saturated heterocycles. The number of piperazine rings is 1. The smallest absolute Gasteiger partial charge is 0.351 e. The molecule has 2 aliphatic rings. The Hall–Kier alpha value is -3.07. The van der Waals surface area contributed by atoms with Gasteiger partial charge in [-0.15, -0.1) is 0 Å². The van der Waals surface area contributed by atoms with Crippen LogP contribution in [0.15, 0.2) is 36.8 Å². The van der Waals surface area contributed by atoms with Crippen molar-refractivity contribution >= 4 is 16.0 Å². The maximum absolute atomic E-state index is 13.9. The van der Waals surface area contributed by atoms with Crippen LogP contribution in [-0.2, 0) is 22.7 Å². The lowest BCUT2D eigenvalue weighted by molar-refractivity contribution is -0.137. The van der Waals surface area contributed by atoms with Crippen LogP contribution in [0.1, 0.15) is 29.5 Å². The fourth-order valence-corrected chi connectivity index (χ4v) is 6.18. The molecule has 2 aliphatic heterocycles. The Kier molecular flexibility index (Phi) is 8.37. The van der Waals surface area contributed by atoms with Crippen molar-refractivity contribution < 1.29 is 21.6 Å². The number of piperidine rings is 1. The maximum atomic E-state index is 13.9. The van der Waals surface area contributed by atoms with Crippen molar-refractivity contribution in [2.45, 2.75) is 38.5 Å². The highest BCUT2D eigenvalue weighted by molar-refractivity contribution is 7.88. The molecule has 3 aromatic rings. The van der Waals surface area contributed by atoms with Crippen LogP contribution in [0.5, 0.6) is 0 Å². The second kappa shape index (κ2) is 11.7. The quantitative estimate of drug-likeness (QED) is 0.447. The number of benzene rings is 1. The van der Waals surface area contributed by atoms with Crippen LogP contribution in [-0.4, -0.2) is 101 Å². The standard InChI is InChI=1S/C27H35F3N8O2S/c1-19-14-20(17-36-12-10-35(2)11-13-36)4-5-24(19)38-18-21(15-32-38)25-23(27(28,29)30)16-31-26(34-25)33-22-6-8-37(9-7-22)41(3,39)40/h4-5,14-16,18,22H,6-13,17H2,1-3H3,(H,31,33,34). The van der Waals surface area contributed by atoms with Crippen LogP contribution in [0, 0.1) is 6.92 Å². The first kappa shape index (κ1) is 29.4. The molecule has 0 saturated carbocycles. The van der Waals surface area contributed by atoms with Gasteiger partial charge < -0.3 is 10.2 Å². The Morgan fingerprint density at radius 3 is 2.39 bits per heavy atom. The predicted octanol–water partition coefficient (Wildman–Crippen LogP) is 3.24. The molecule has 222 valence electrons. The van der Waals surface area contributed by atoms with Gasteiger partial charge in [0.2, 0.25) is 16.0 Å². The summed E-state index contributed by atoms with van der Waals surface area (Å²) in [5, 5.41) is 7.45. The molecule has 41 heavy (non-hydrogen) atoms. The number of likely N-dealkylation sites (N-methyl/N-ethyl adjacent to an activating group) is 1. The fraction of sp³-hybridized carbons (Fsp3) is 0.519. The number of hydrogen-bond acceptors (Lipinski definition) is 8. The largest absolute Gasteiger partial charge is 0.419 e. The Bertz CT molecular complexity index is 1480. The van der Waals surface area contributed by atoms with Gasteiger partial charge in [-0.2, -0.15) is 18.3 Å². The number of anilines is 1. The molecule has 10 nitrogen and oxygen atoms in total. The molecule has 2 fully saturated rings. The number of rotatable bonds is 7. The molecule has 0 amide bonds. The van der Waals surface area contributed by atoms with E-state index in [-0.39, 0.29) is 23.2 Å². The molecule has 0 spiro atoms. The van der Waals surface area contributed by atoms with Crippen LogP contribution in [0.3, 0.4) is 0 Å². The second-order valence-corrected chi connectivity index (χ2v) is 12.9. The molecule has 14 heteroatoms. The van der Waals surface area contributed by atoms with E-state index in [9.17, 15) is 21.6 Å². The first-order valence-corrected chi connectivity index (χ1v) is 15.4. The molecule has 2 aromatic heterocycles. The molecule has 0 radical (unpaired) electrons. The van der Waals surface area contributed by atoms with Crippen LogP contribution in [0.4, 0.5) is 19.1 Å². The normalized spacial score (nSPS) is 18.6. The van der Waals surface area contributed by atoms with Crippen molar-refractivity contribution in [2.24, 2.45) is 0 Å². The molecular weight excluding hydrogens is 557 g/mol. The van der Waals surface area contributed by atoms with Crippen molar-refractivity contribution in [1.82, 2.24) is 33.9 Å². The van der Waals surface area contributed by atoms with E-state index in [1.165, 1.54) is 16.1 Å². The molecular formula is C27H35F3N8O2S. The third kappa shape index (κ3) is 7.05. The summed E-state index contributed by atoms with van der Waals surface area (Å²) in [6.07, 6.45) is 1.21. The number of aromatic nitrogens is 4. The first-order chi connectivity index (χ1) is 19.4. The van der Waals surface area contributed by atoms with Crippen LogP contribution >= 0.6 is 0 Å². The fourth-order valence-electron chi connectivity index (χ4n) is 5.31. The highest BCUT2D eigenvalue weighted by atomic mass is 32.2. The highest BCUT2D eigenvalue weighted by Gasteiger charge is 2.36. The van der Waals surface area contributed by atoms with E-state index in [2.05, 4.69) is 43.3 Å². The van der Waals surface area contributed by atoms with Crippen LogP contribution < -0.4 is 5.32 Å². The van der Waals surface area contributed by atoms with Gasteiger partial charge in [0.25, 0.3) is 0 Å². The van der Waals surface area contributed by atoms with E-state index in [0.717, 1.165) is 56.4 Å². The maximum Gasteiger partial charge on any atom is 0.419 e. The summed E-state index contributed by atoms with van der Waals surface area (Å²) < 4.78 is 68.3. The van der Waals surface area contributed by atoms with Gasteiger partial charge in [0.1, 0.15) is 5.56 Å². The number of hydrogen-bond donors (Lipinski definition) is 1. The molecule has 1 N–H and O–H groups in total. The van der Waals surface area contributed by atoms with Gasteiger partial charge in [0.05, 0.1) is 23.8 Å². The molecule has 0 unspecified atom stereocenters. The summed E-state index contributed by atoms with van der Waals surface area (Å²) in [5.41, 5.74) is 1.92. The average Bonchev–Trinajstić information content (AvgIpc) is 3.39. The Labute approximate surface area is 238 Å². The Morgan fingerprint density at radius 2 is 1.76 bits per heavy atom. The van der Waals surface area contributed by atoms with Crippen LogP contribution in [0.2, 0.25) is 0 Å². The zero-order chi connectivity index (χ0) is 29.4. The van der Waals surface area contributed by atoms with Gasteiger partial charge in [0.15, 0.2) is 0 Å². The van der Waals surface area contributed by atoms with Gasteiger partial charge >= 0.3 is 6.18 Å². The number of sulfonamides is 1. The highest BCUT2D eigenvalue weighted by Crippen LogP contribution is 2.36. The minimum atomic E-state index is -4.66. The van der Waals surface area contributed by atoms with Crippen LogP contribution in [0.25, 0.3) is 16.9 Å². The predicted molar refractivity (Wildman–Crippen MR) is 150 cm³/mol. The van der Waals surface area contributed by atoms with E-state index >= 15 is 0 Å². The minimum absolute atomic E-state index is 0.0583. The van der Waals surface area contributed by atoms with E-state index in [4.69, 9.17) is 0 Å². The number of nitrogens with zero attached hydrogens (tertiary/aromatic N) is 7. The molecule has 4 heterocycles. The molecule has 0 atom stereocenters. The first-order valence-electron chi connectivity index (χ1n) is 13.6. The van der Waals surface area contributed by atoms with Gasteiger partial charge in [-0.1, -0.05) is 12.1 Å². The van der Waals surface area contributed by atoms with E-state index in [1.807, 2.05) is 19.1 Å².